The quantitative estimate of drug-likeness (QED) is 0.940. The minimum absolute atomic E-state index is 0.227. The fourth-order valence-corrected chi connectivity index (χ4v) is 2.70. The molecule has 2 aromatic carbocycles. The maximum atomic E-state index is 14.2. The zero-order valence-electron chi connectivity index (χ0n) is 13.1. The summed E-state index contributed by atoms with van der Waals surface area (Å²) < 4.78 is 19.9. The molecule has 1 aliphatic heterocycles. The van der Waals surface area contributed by atoms with Gasteiger partial charge < -0.3 is 15.0 Å². The van der Waals surface area contributed by atoms with E-state index in [1.165, 1.54) is 6.07 Å². The Morgan fingerprint density at radius 1 is 1.42 bits per heavy atom. The first-order chi connectivity index (χ1) is 11.6. The normalized spacial score (nSPS) is 15.9. The van der Waals surface area contributed by atoms with E-state index in [0.29, 0.717) is 17.9 Å². The lowest BCUT2D eigenvalue weighted by Crippen LogP contribution is -2.48. The average Bonchev–Trinajstić information content (AvgIpc) is 2.62. The van der Waals surface area contributed by atoms with E-state index < -0.39 is 11.9 Å². The van der Waals surface area contributed by atoms with Crippen LogP contribution < -0.4 is 15.0 Å². The maximum Gasteiger partial charge on any atom is 0.262 e. The number of fused-ring (bicyclic) bond motifs is 1. The molecule has 1 amide bonds. The van der Waals surface area contributed by atoms with Crippen molar-refractivity contribution < 1.29 is 13.9 Å². The summed E-state index contributed by atoms with van der Waals surface area (Å²) in [6.45, 7) is 0.599. The second-order valence-corrected chi connectivity index (χ2v) is 5.49. The molecule has 24 heavy (non-hydrogen) atoms. The van der Waals surface area contributed by atoms with Crippen molar-refractivity contribution >= 4 is 11.6 Å². The molecule has 1 atom stereocenters. The number of para-hydroxylation sites is 2. The SMILES string of the molecule is CNC(=O)[C@H]1CN(Cc2ccc(C#N)cc2F)c2ccccc2O1. The molecular weight excluding hydrogens is 309 g/mol. The number of rotatable bonds is 3. The third-order valence-electron chi connectivity index (χ3n) is 3.94. The zero-order valence-corrected chi connectivity index (χ0v) is 13.1. The third kappa shape index (κ3) is 3.01. The zero-order chi connectivity index (χ0) is 17.1. The van der Waals surface area contributed by atoms with E-state index in [1.54, 1.807) is 25.2 Å². The van der Waals surface area contributed by atoms with Crippen molar-refractivity contribution in [1.29, 1.82) is 5.26 Å². The van der Waals surface area contributed by atoms with Crippen molar-refractivity contribution in [2.75, 3.05) is 18.5 Å². The lowest BCUT2D eigenvalue weighted by molar-refractivity contribution is -0.127. The predicted octanol–water partition coefficient (Wildman–Crippen LogP) is 2.21. The largest absolute Gasteiger partial charge is 0.477 e. The summed E-state index contributed by atoms with van der Waals surface area (Å²) in [7, 11) is 1.55. The van der Waals surface area contributed by atoms with Gasteiger partial charge in [-0.15, -0.1) is 0 Å². The summed E-state index contributed by atoms with van der Waals surface area (Å²) in [4.78, 5) is 13.9. The smallest absolute Gasteiger partial charge is 0.262 e. The Bertz CT molecular complexity index is 816. The van der Waals surface area contributed by atoms with Crippen molar-refractivity contribution in [2.24, 2.45) is 0 Å². The predicted molar refractivity (Wildman–Crippen MR) is 87.1 cm³/mol. The van der Waals surface area contributed by atoms with Crippen LogP contribution in [-0.4, -0.2) is 25.6 Å². The number of likely N-dealkylation sites (N-methyl/N-ethyl adjacent to an activating group) is 1. The fourth-order valence-electron chi connectivity index (χ4n) is 2.70. The first kappa shape index (κ1) is 15.8. The number of benzene rings is 2. The van der Waals surface area contributed by atoms with Crippen molar-refractivity contribution in [3.05, 3.63) is 59.4 Å². The second kappa shape index (κ2) is 6.59. The van der Waals surface area contributed by atoms with Crippen molar-refractivity contribution in [2.45, 2.75) is 12.6 Å². The summed E-state index contributed by atoms with van der Waals surface area (Å²) in [5.41, 5.74) is 1.55. The van der Waals surface area contributed by atoms with E-state index >= 15 is 0 Å². The Labute approximate surface area is 139 Å². The molecule has 1 heterocycles. The summed E-state index contributed by atoms with van der Waals surface area (Å²) >= 11 is 0. The van der Waals surface area contributed by atoms with Crippen LogP contribution in [0, 0.1) is 17.1 Å². The molecule has 0 radical (unpaired) electrons. The molecule has 5 nitrogen and oxygen atoms in total. The Hall–Kier alpha value is -3.07. The topological polar surface area (TPSA) is 65.4 Å². The Morgan fingerprint density at radius 3 is 2.92 bits per heavy atom. The minimum atomic E-state index is -0.661. The van der Waals surface area contributed by atoms with Gasteiger partial charge in [-0.2, -0.15) is 5.26 Å². The number of nitrogens with zero attached hydrogens (tertiary/aromatic N) is 2. The number of hydrogen-bond donors (Lipinski definition) is 1. The lowest BCUT2D eigenvalue weighted by atomic mass is 10.1. The molecule has 122 valence electrons. The molecule has 0 aliphatic carbocycles. The molecule has 0 aromatic heterocycles. The summed E-state index contributed by atoms with van der Waals surface area (Å²) in [6.07, 6.45) is -0.661. The lowest BCUT2D eigenvalue weighted by Gasteiger charge is -2.35. The fraction of sp³-hybridized carbons (Fsp3) is 0.222. The first-order valence-electron chi connectivity index (χ1n) is 7.53. The number of hydrogen-bond acceptors (Lipinski definition) is 4. The average molecular weight is 325 g/mol. The molecule has 0 unspecified atom stereocenters. The van der Waals surface area contributed by atoms with Gasteiger partial charge in [-0.05, 0) is 24.3 Å². The van der Waals surface area contributed by atoms with Crippen molar-refractivity contribution in [3.8, 4) is 11.8 Å². The number of carbonyl (C=O) groups excluding carboxylic acids is 1. The standard InChI is InChI=1S/C18H16FN3O2/c1-21-18(23)17-11-22(15-4-2-3-5-16(15)24-17)10-13-7-6-12(9-20)8-14(13)19/h2-8,17H,10-11H2,1H3,(H,21,23)/t17-/m1/s1. The number of halogens is 1. The molecule has 0 saturated heterocycles. The monoisotopic (exact) mass is 325 g/mol. The van der Waals surface area contributed by atoms with Gasteiger partial charge in [-0.25, -0.2) is 4.39 Å². The van der Waals surface area contributed by atoms with Crippen LogP contribution in [0.5, 0.6) is 5.75 Å². The number of ether oxygens (including phenoxy) is 1. The van der Waals surface area contributed by atoms with Crippen LogP contribution in [0.2, 0.25) is 0 Å². The molecule has 0 fully saturated rings. The molecule has 0 bridgehead atoms. The van der Waals surface area contributed by atoms with Crippen LogP contribution in [0.3, 0.4) is 0 Å². The highest BCUT2D eigenvalue weighted by Gasteiger charge is 2.30. The van der Waals surface area contributed by atoms with Gasteiger partial charge in [0.15, 0.2) is 6.10 Å². The highest BCUT2D eigenvalue weighted by Crippen LogP contribution is 2.34. The van der Waals surface area contributed by atoms with E-state index in [4.69, 9.17) is 10.00 Å². The molecular formula is C18H16FN3O2. The summed E-state index contributed by atoms with van der Waals surface area (Å²) in [6, 6.07) is 13.7. The van der Waals surface area contributed by atoms with Crippen molar-refractivity contribution in [1.82, 2.24) is 5.32 Å². The second-order valence-electron chi connectivity index (χ2n) is 5.49. The van der Waals surface area contributed by atoms with E-state index in [1.807, 2.05) is 29.2 Å². The molecule has 0 spiro atoms. The maximum absolute atomic E-state index is 14.2. The van der Waals surface area contributed by atoms with Gasteiger partial charge >= 0.3 is 0 Å². The van der Waals surface area contributed by atoms with Gasteiger partial charge in [0.05, 0.1) is 23.9 Å². The van der Waals surface area contributed by atoms with Gasteiger partial charge in [0, 0.05) is 19.2 Å². The number of nitriles is 1. The number of carbonyl (C=O) groups is 1. The minimum Gasteiger partial charge on any atom is -0.477 e. The van der Waals surface area contributed by atoms with Crippen LogP contribution in [0.4, 0.5) is 10.1 Å². The van der Waals surface area contributed by atoms with Crippen LogP contribution in [-0.2, 0) is 11.3 Å². The van der Waals surface area contributed by atoms with Gasteiger partial charge in [0.25, 0.3) is 5.91 Å². The number of nitrogens with one attached hydrogen (secondary N) is 1. The van der Waals surface area contributed by atoms with E-state index in [-0.39, 0.29) is 18.0 Å². The van der Waals surface area contributed by atoms with Crippen molar-refractivity contribution in [3.63, 3.8) is 0 Å². The van der Waals surface area contributed by atoms with E-state index in [0.717, 1.165) is 5.69 Å². The highest BCUT2D eigenvalue weighted by molar-refractivity contribution is 5.83. The van der Waals surface area contributed by atoms with Crippen LogP contribution in [0.15, 0.2) is 42.5 Å². The Kier molecular flexibility index (Phi) is 4.34. The first-order valence-corrected chi connectivity index (χ1v) is 7.53. The van der Waals surface area contributed by atoms with Crippen LogP contribution in [0.1, 0.15) is 11.1 Å². The van der Waals surface area contributed by atoms with E-state index in [9.17, 15) is 9.18 Å². The molecule has 3 rings (SSSR count). The summed E-state index contributed by atoms with van der Waals surface area (Å²) in [5.74, 6) is -0.0734. The molecule has 1 N–H and O–H groups in total. The van der Waals surface area contributed by atoms with Crippen LogP contribution in [0.25, 0.3) is 0 Å². The van der Waals surface area contributed by atoms with Gasteiger partial charge in [0.2, 0.25) is 0 Å². The number of anilines is 1. The molecule has 1 aliphatic rings. The van der Waals surface area contributed by atoms with E-state index in [2.05, 4.69) is 5.32 Å². The Morgan fingerprint density at radius 2 is 2.21 bits per heavy atom. The van der Waals surface area contributed by atoms with Gasteiger partial charge in [-0.1, -0.05) is 18.2 Å². The van der Waals surface area contributed by atoms with Crippen LogP contribution >= 0.6 is 0 Å². The van der Waals surface area contributed by atoms with Gasteiger partial charge in [0.1, 0.15) is 11.6 Å². The van der Waals surface area contributed by atoms with Gasteiger partial charge in [-0.3, -0.25) is 4.79 Å². The molecule has 2 aromatic rings. The molecule has 0 saturated carbocycles. The number of amides is 1. The summed E-state index contributed by atoms with van der Waals surface area (Å²) in [5, 5.41) is 11.4. The third-order valence-corrected chi connectivity index (χ3v) is 3.94. The highest BCUT2D eigenvalue weighted by atomic mass is 19.1. The Balaban J connectivity index is 1.91. The molecule has 6 heteroatoms.